The molecule has 1 heterocycles. The molecule has 0 amide bonds. The third-order valence-corrected chi connectivity index (χ3v) is 4.30. The van der Waals surface area contributed by atoms with Crippen molar-refractivity contribution in [3.8, 4) is 11.4 Å². The average Bonchev–Trinajstić information content (AvgIpc) is 3.13. The lowest BCUT2D eigenvalue weighted by Gasteiger charge is -2.18. The number of aliphatic imine (C=N–C) groups is 1. The van der Waals surface area contributed by atoms with E-state index in [-0.39, 0.29) is 13.2 Å². The molecule has 2 aromatic rings. The number of aliphatic hydroxyl groups is 1. The van der Waals surface area contributed by atoms with Crippen molar-refractivity contribution < 1.29 is 9.63 Å². The molecular formula is C19H28ClN5O2. The zero-order chi connectivity index (χ0) is 19.5. The zero-order valence-electron chi connectivity index (χ0n) is 15.9. The molecule has 0 spiro atoms. The maximum Gasteiger partial charge on any atom is 0.248 e. The van der Waals surface area contributed by atoms with E-state index in [1.807, 2.05) is 19.1 Å². The zero-order valence-corrected chi connectivity index (χ0v) is 16.7. The van der Waals surface area contributed by atoms with Gasteiger partial charge in [-0.05, 0) is 37.8 Å². The van der Waals surface area contributed by atoms with E-state index in [1.165, 1.54) is 0 Å². The predicted molar refractivity (Wildman–Crippen MR) is 108 cm³/mol. The van der Waals surface area contributed by atoms with Crippen LogP contribution in [0.25, 0.3) is 11.4 Å². The van der Waals surface area contributed by atoms with Gasteiger partial charge < -0.3 is 20.3 Å². The van der Waals surface area contributed by atoms with Crippen LogP contribution in [0.5, 0.6) is 0 Å². The highest BCUT2D eigenvalue weighted by Crippen LogP contribution is 2.20. The van der Waals surface area contributed by atoms with E-state index in [0.29, 0.717) is 28.6 Å². The summed E-state index contributed by atoms with van der Waals surface area (Å²) in [4.78, 5) is 8.89. The first-order chi connectivity index (χ1) is 13.2. The van der Waals surface area contributed by atoms with Crippen LogP contribution in [-0.4, -0.2) is 40.9 Å². The number of halogens is 1. The molecule has 3 N–H and O–H groups in total. The van der Waals surface area contributed by atoms with E-state index in [4.69, 9.17) is 16.1 Å². The molecule has 0 saturated carbocycles. The summed E-state index contributed by atoms with van der Waals surface area (Å²) in [5, 5.41) is 20.3. The third kappa shape index (κ3) is 7.19. The number of aliphatic hydroxyl groups excluding tert-OH is 1. The lowest BCUT2D eigenvalue weighted by Crippen LogP contribution is -2.40. The summed E-state index contributed by atoms with van der Waals surface area (Å²) < 4.78 is 5.29. The van der Waals surface area contributed by atoms with Gasteiger partial charge >= 0.3 is 0 Å². The second kappa shape index (κ2) is 11.6. The first-order valence-corrected chi connectivity index (χ1v) is 9.75. The van der Waals surface area contributed by atoms with Crippen LogP contribution in [0.15, 0.2) is 33.8 Å². The summed E-state index contributed by atoms with van der Waals surface area (Å²) in [6.45, 7) is 6.16. The quantitative estimate of drug-likeness (QED) is 0.423. The SMILES string of the molecule is CCCC(CCO)CNC(=NCc1nc(-c2cccc(Cl)c2)no1)NCC. The van der Waals surface area contributed by atoms with Gasteiger partial charge in [0.2, 0.25) is 11.7 Å². The van der Waals surface area contributed by atoms with Crippen molar-refractivity contribution >= 4 is 17.6 Å². The highest BCUT2D eigenvalue weighted by atomic mass is 35.5. The van der Waals surface area contributed by atoms with E-state index in [1.54, 1.807) is 12.1 Å². The van der Waals surface area contributed by atoms with Gasteiger partial charge in [0.05, 0.1) is 0 Å². The minimum absolute atomic E-state index is 0.203. The molecule has 0 bridgehead atoms. The molecule has 0 radical (unpaired) electrons. The fourth-order valence-electron chi connectivity index (χ4n) is 2.73. The number of benzene rings is 1. The summed E-state index contributed by atoms with van der Waals surface area (Å²) in [6, 6.07) is 7.32. The van der Waals surface area contributed by atoms with Gasteiger partial charge in [-0.25, -0.2) is 4.99 Å². The van der Waals surface area contributed by atoms with E-state index in [0.717, 1.165) is 37.9 Å². The second-order valence-corrected chi connectivity index (χ2v) is 6.70. The van der Waals surface area contributed by atoms with Gasteiger partial charge in [-0.15, -0.1) is 0 Å². The molecule has 0 aliphatic rings. The van der Waals surface area contributed by atoms with Crippen LogP contribution in [0.3, 0.4) is 0 Å². The van der Waals surface area contributed by atoms with Crippen LogP contribution in [0.2, 0.25) is 5.02 Å². The minimum atomic E-state index is 0.203. The number of hydrogen-bond donors (Lipinski definition) is 3. The molecule has 148 valence electrons. The Hall–Kier alpha value is -2.12. The van der Waals surface area contributed by atoms with Crippen LogP contribution in [0.1, 0.15) is 39.0 Å². The van der Waals surface area contributed by atoms with Crippen LogP contribution < -0.4 is 10.6 Å². The number of nitrogens with zero attached hydrogens (tertiary/aromatic N) is 3. The second-order valence-electron chi connectivity index (χ2n) is 6.27. The summed E-state index contributed by atoms with van der Waals surface area (Å²) in [6.07, 6.45) is 2.95. The van der Waals surface area contributed by atoms with E-state index < -0.39 is 0 Å². The van der Waals surface area contributed by atoms with Crippen LogP contribution in [-0.2, 0) is 6.54 Å². The Labute approximate surface area is 165 Å². The van der Waals surface area contributed by atoms with Crippen molar-refractivity contribution in [1.29, 1.82) is 0 Å². The molecule has 0 aliphatic heterocycles. The van der Waals surface area contributed by atoms with Gasteiger partial charge in [0, 0.05) is 30.3 Å². The highest BCUT2D eigenvalue weighted by Gasteiger charge is 2.11. The Morgan fingerprint density at radius 2 is 2.15 bits per heavy atom. The first-order valence-electron chi connectivity index (χ1n) is 9.37. The third-order valence-electron chi connectivity index (χ3n) is 4.06. The molecule has 0 aliphatic carbocycles. The van der Waals surface area contributed by atoms with Crippen LogP contribution in [0, 0.1) is 5.92 Å². The molecular weight excluding hydrogens is 366 g/mol. The molecule has 8 heteroatoms. The summed E-state index contributed by atoms with van der Waals surface area (Å²) in [5.74, 6) is 2.04. The molecule has 2 rings (SSSR count). The Balaban J connectivity index is 1.98. The van der Waals surface area contributed by atoms with Gasteiger partial charge in [-0.1, -0.05) is 42.2 Å². The topological polar surface area (TPSA) is 95.6 Å². The summed E-state index contributed by atoms with van der Waals surface area (Å²) in [5.41, 5.74) is 0.804. The molecule has 27 heavy (non-hydrogen) atoms. The standard InChI is InChI=1S/C19H28ClN5O2/c1-3-6-14(9-10-26)12-22-19(21-4-2)23-13-17-24-18(25-27-17)15-7-5-8-16(20)11-15/h5,7-8,11,14,26H,3-4,6,9-10,12-13H2,1-2H3,(H2,21,22,23). The predicted octanol–water partition coefficient (Wildman–Crippen LogP) is 3.24. The van der Waals surface area contributed by atoms with Crippen LogP contribution >= 0.6 is 11.6 Å². The average molecular weight is 394 g/mol. The molecule has 0 fully saturated rings. The Morgan fingerprint density at radius 3 is 2.85 bits per heavy atom. The monoisotopic (exact) mass is 393 g/mol. The van der Waals surface area contributed by atoms with Crippen LogP contribution in [0.4, 0.5) is 0 Å². The summed E-state index contributed by atoms with van der Waals surface area (Å²) >= 11 is 6.00. The Kier molecular flexibility index (Phi) is 9.07. The van der Waals surface area contributed by atoms with E-state index >= 15 is 0 Å². The lowest BCUT2D eigenvalue weighted by atomic mass is 10.0. The van der Waals surface area contributed by atoms with E-state index in [9.17, 15) is 5.11 Å². The maximum absolute atomic E-state index is 9.19. The fraction of sp³-hybridized carbons (Fsp3) is 0.526. The maximum atomic E-state index is 9.19. The smallest absolute Gasteiger partial charge is 0.248 e. The van der Waals surface area contributed by atoms with Crippen molar-refractivity contribution in [2.45, 2.75) is 39.7 Å². The lowest BCUT2D eigenvalue weighted by molar-refractivity contribution is 0.251. The van der Waals surface area contributed by atoms with Crippen molar-refractivity contribution in [2.75, 3.05) is 19.7 Å². The molecule has 1 aromatic heterocycles. The number of aromatic nitrogens is 2. The van der Waals surface area contributed by atoms with Crippen molar-refractivity contribution in [2.24, 2.45) is 10.9 Å². The molecule has 1 atom stereocenters. The van der Waals surface area contributed by atoms with Gasteiger partial charge in [-0.3, -0.25) is 0 Å². The van der Waals surface area contributed by atoms with Crippen molar-refractivity contribution in [3.05, 3.63) is 35.2 Å². The first kappa shape index (κ1) is 21.2. The Morgan fingerprint density at radius 1 is 1.30 bits per heavy atom. The minimum Gasteiger partial charge on any atom is -0.396 e. The van der Waals surface area contributed by atoms with Gasteiger partial charge in [0.25, 0.3) is 0 Å². The number of hydrogen-bond acceptors (Lipinski definition) is 5. The fourth-order valence-corrected chi connectivity index (χ4v) is 2.92. The van der Waals surface area contributed by atoms with Gasteiger partial charge in [0.15, 0.2) is 5.96 Å². The largest absolute Gasteiger partial charge is 0.396 e. The van der Waals surface area contributed by atoms with Crippen molar-refractivity contribution in [3.63, 3.8) is 0 Å². The molecule has 0 saturated heterocycles. The van der Waals surface area contributed by atoms with Gasteiger partial charge in [0.1, 0.15) is 6.54 Å². The molecule has 1 unspecified atom stereocenters. The number of guanidine groups is 1. The number of nitrogens with one attached hydrogen (secondary N) is 2. The van der Waals surface area contributed by atoms with Gasteiger partial charge in [-0.2, -0.15) is 4.98 Å². The summed E-state index contributed by atoms with van der Waals surface area (Å²) in [7, 11) is 0. The number of rotatable bonds is 10. The highest BCUT2D eigenvalue weighted by molar-refractivity contribution is 6.30. The Bertz CT molecular complexity index is 714. The molecule has 7 nitrogen and oxygen atoms in total. The molecule has 1 aromatic carbocycles. The normalized spacial score (nSPS) is 12.8. The van der Waals surface area contributed by atoms with E-state index in [2.05, 4.69) is 32.7 Å². The van der Waals surface area contributed by atoms with Crippen molar-refractivity contribution in [1.82, 2.24) is 20.8 Å².